The highest BCUT2D eigenvalue weighted by molar-refractivity contribution is 6.19. The van der Waals surface area contributed by atoms with Crippen LogP contribution in [0.25, 0.3) is 5.57 Å². The minimum absolute atomic E-state index is 0.0712. The van der Waals surface area contributed by atoms with Gasteiger partial charge in [-0.05, 0) is 37.0 Å². The molecule has 1 atom stereocenters. The molecular weight excluding hydrogens is 502 g/mol. The predicted molar refractivity (Wildman–Crippen MR) is 160 cm³/mol. The Bertz CT molecular complexity index is 1510. The maximum absolute atomic E-state index is 14.3. The average Bonchev–Trinajstić information content (AvgIpc) is 3.57. The number of nitrogens with zero attached hydrogens (tertiary/aromatic N) is 7. The van der Waals surface area contributed by atoms with Crippen LogP contribution in [0, 0.1) is 0 Å². The van der Waals surface area contributed by atoms with Gasteiger partial charge in [-0.2, -0.15) is 4.98 Å². The molecule has 0 aliphatic carbocycles. The molecule has 1 aromatic heterocycles. The van der Waals surface area contributed by atoms with Gasteiger partial charge < -0.3 is 16.4 Å². The summed E-state index contributed by atoms with van der Waals surface area (Å²) >= 11 is 0. The number of carbonyl (C=O) groups is 1. The van der Waals surface area contributed by atoms with Gasteiger partial charge in [0.1, 0.15) is 5.84 Å². The number of para-hydroxylation sites is 1. The summed E-state index contributed by atoms with van der Waals surface area (Å²) in [7, 11) is 0. The van der Waals surface area contributed by atoms with E-state index >= 15 is 0 Å². The standard InChI is InChI=1S/C30H35N9O/c1-20(2)23-12-6-7-13-24(23)34-25(32)19-39-28(40)26-27(37-16-14-33-29(37)39)35-30(36-15-8-11-22(31)18-36)38(26)17-21-9-4-3-5-10-21/h3-7,9-10,12-13,22H,1,8,11,14-19,31H2,2H3,(H2,32,34)/t22-/m1/s1. The molecule has 0 bridgehead atoms. The van der Waals surface area contributed by atoms with Gasteiger partial charge in [-0.1, -0.05) is 55.1 Å². The summed E-state index contributed by atoms with van der Waals surface area (Å²) in [5, 5.41) is 0. The predicted octanol–water partition coefficient (Wildman–Crippen LogP) is 3.21. The summed E-state index contributed by atoms with van der Waals surface area (Å²) in [5.74, 6) is 2.11. The fourth-order valence-corrected chi connectivity index (χ4v) is 5.69. The van der Waals surface area contributed by atoms with Gasteiger partial charge in [0.15, 0.2) is 11.5 Å². The first-order valence-electron chi connectivity index (χ1n) is 13.8. The van der Waals surface area contributed by atoms with Crippen LogP contribution in [0.3, 0.4) is 0 Å². The van der Waals surface area contributed by atoms with Crippen LogP contribution in [0.1, 0.15) is 41.4 Å². The van der Waals surface area contributed by atoms with E-state index in [9.17, 15) is 4.79 Å². The molecule has 0 saturated carbocycles. The van der Waals surface area contributed by atoms with E-state index in [-0.39, 0.29) is 18.5 Å². The number of aliphatic imine (C=N–C) groups is 2. The smallest absolute Gasteiger partial charge is 0.281 e. The molecule has 6 rings (SSSR count). The highest BCUT2D eigenvalue weighted by Crippen LogP contribution is 2.35. The fourth-order valence-electron chi connectivity index (χ4n) is 5.69. The zero-order valence-corrected chi connectivity index (χ0v) is 22.8. The maximum atomic E-state index is 14.3. The largest absolute Gasteiger partial charge is 0.386 e. The summed E-state index contributed by atoms with van der Waals surface area (Å²) in [5.41, 5.74) is 17.0. The zero-order chi connectivity index (χ0) is 27.8. The Hall–Kier alpha value is -4.44. The molecule has 2 aromatic carbocycles. The Morgan fingerprint density at radius 1 is 1.12 bits per heavy atom. The number of carbonyl (C=O) groups excluding carboxylic acids is 1. The molecule has 0 unspecified atom stereocenters. The minimum atomic E-state index is -0.186. The van der Waals surface area contributed by atoms with Crippen molar-refractivity contribution in [3.63, 3.8) is 0 Å². The second-order valence-corrected chi connectivity index (χ2v) is 10.6. The minimum Gasteiger partial charge on any atom is -0.386 e. The first-order valence-corrected chi connectivity index (χ1v) is 13.8. The van der Waals surface area contributed by atoms with Gasteiger partial charge in [-0.3, -0.25) is 24.2 Å². The average molecular weight is 538 g/mol. The first-order chi connectivity index (χ1) is 19.4. The fraction of sp³-hybridized carbons (Fsp3) is 0.333. The van der Waals surface area contributed by atoms with Gasteiger partial charge in [0.25, 0.3) is 5.91 Å². The molecule has 1 fully saturated rings. The van der Waals surface area contributed by atoms with Crippen LogP contribution < -0.4 is 21.3 Å². The number of anilines is 2. The van der Waals surface area contributed by atoms with E-state index in [1.807, 2.05) is 58.9 Å². The van der Waals surface area contributed by atoms with Crippen molar-refractivity contribution in [2.24, 2.45) is 21.5 Å². The van der Waals surface area contributed by atoms with Gasteiger partial charge in [0.05, 0.1) is 25.3 Å². The summed E-state index contributed by atoms with van der Waals surface area (Å²) in [6.45, 7) is 9.38. The number of aromatic nitrogens is 2. The SMILES string of the molecule is C=C(C)c1ccccc1N=C(N)CN1C(=O)c2c(nc(N3CCC[C@@H](N)C3)n2Cc2ccccc2)N2CCN=C12. The van der Waals surface area contributed by atoms with Crippen molar-refractivity contribution >= 4 is 40.7 Å². The number of benzene rings is 2. The highest BCUT2D eigenvalue weighted by atomic mass is 16.2. The van der Waals surface area contributed by atoms with Crippen LogP contribution in [0.2, 0.25) is 0 Å². The first kappa shape index (κ1) is 25.8. The molecule has 3 aliphatic rings. The Labute approximate surface area is 234 Å². The number of hydrogen-bond acceptors (Lipinski definition) is 7. The number of rotatable bonds is 7. The van der Waals surface area contributed by atoms with Gasteiger partial charge in [0, 0.05) is 31.2 Å². The molecule has 40 heavy (non-hydrogen) atoms. The van der Waals surface area contributed by atoms with Crippen LogP contribution in [0.15, 0.2) is 71.2 Å². The molecule has 10 heteroatoms. The number of imidazole rings is 1. The number of piperidine rings is 1. The molecule has 10 nitrogen and oxygen atoms in total. The number of amidine groups is 1. The lowest BCUT2D eigenvalue weighted by atomic mass is 10.1. The molecule has 206 valence electrons. The Balaban J connectivity index is 1.40. The second kappa shape index (κ2) is 10.6. The zero-order valence-electron chi connectivity index (χ0n) is 22.8. The van der Waals surface area contributed by atoms with Crippen LogP contribution in [0.5, 0.6) is 0 Å². The quantitative estimate of drug-likeness (QED) is 0.353. The Morgan fingerprint density at radius 3 is 2.67 bits per heavy atom. The Morgan fingerprint density at radius 2 is 1.90 bits per heavy atom. The van der Waals surface area contributed by atoms with Crippen LogP contribution >= 0.6 is 0 Å². The lowest BCUT2D eigenvalue weighted by Gasteiger charge is -2.33. The normalized spacial score (nSPS) is 19.0. The van der Waals surface area contributed by atoms with E-state index in [1.165, 1.54) is 0 Å². The van der Waals surface area contributed by atoms with Crippen LogP contribution in [-0.4, -0.2) is 70.9 Å². The summed E-state index contributed by atoms with van der Waals surface area (Å²) in [6.07, 6.45) is 1.97. The molecule has 4 N–H and O–H groups in total. The van der Waals surface area contributed by atoms with Crippen molar-refractivity contribution in [1.82, 2.24) is 14.5 Å². The van der Waals surface area contributed by atoms with E-state index in [2.05, 4.69) is 33.6 Å². The topological polar surface area (TPSA) is 121 Å². The molecule has 3 aromatic rings. The molecule has 0 radical (unpaired) electrons. The number of hydrogen-bond donors (Lipinski definition) is 2. The summed E-state index contributed by atoms with van der Waals surface area (Å²) < 4.78 is 2.04. The maximum Gasteiger partial charge on any atom is 0.281 e. The van der Waals surface area contributed by atoms with E-state index in [0.717, 1.165) is 47.7 Å². The molecule has 4 heterocycles. The summed E-state index contributed by atoms with van der Waals surface area (Å²) in [4.78, 5) is 34.6. The van der Waals surface area contributed by atoms with Crippen LogP contribution in [0.4, 0.5) is 17.5 Å². The van der Waals surface area contributed by atoms with Crippen molar-refractivity contribution in [2.75, 3.05) is 42.5 Å². The molecule has 3 aliphatic heterocycles. The molecule has 1 amide bonds. The van der Waals surface area contributed by atoms with E-state index in [1.54, 1.807) is 4.90 Å². The number of nitrogens with two attached hydrogens (primary N) is 2. The van der Waals surface area contributed by atoms with Gasteiger partial charge in [-0.15, -0.1) is 0 Å². The second-order valence-electron chi connectivity index (χ2n) is 10.6. The third-order valence-electron chi connectivity index (χ3n) is 7.56. The van der Waals surface area contributed by atoms with Crippen LogP contribution in [-0.2, 0) is 6.54 Å². The molecular formula is C30H35N9O. The third-order valence-corrected chi connectivity index (χ3v) is 7.56. The van der Waals surface area contributed by atoms with Gasteiger partial charge in [-0.25, -0.2) is 4.99 Å². The number of guanidine groups is 1. The van der Waals surface area contributed by atoms with Crippen molar-refractivity contribution in [1.29, 1.82) is 0 Å². The summed E-state index contributed by atoms with van der Waals surface area (Å²) in [6, 6.07) is 17.9. The van der Waals surface area contributed by atoms with Crippen molar-refractivity contribution in [3.8, 4) is 0 Å². The lowest BCUT2D eigenvalue weighted by molar-refractivity contribution is 0.0845. The van der Waals surface area contributed by atoms with Crippen molar-refractivity contribution in [2.45, 2.75) is 32.4 Å². The molecule has 1 saturated heterocycles. The van der Waals surface area contributed by atoms with E-state index in [4.69, 9.17) is 16.5 Å². The lowest BCUT2D eigenvalue weighted by Crippen LogP contribution is -2.53. The number of fused-ring (bicyclic) bond motifs is 3. The number of allylic oxidation sites excluding steroid dienone is 1. The number of amides is 1. The highest BCUT2D eigenvalue weighted by Gasteiger charge is 2.43. The third kappa shape index (κ3) is 4.75. The van der Waals surface area contributed by atoms with Crippen molar-refractivity contribution in [3.05, 3.63) is 78.0 Å². The van der Waals surface area contributed by atoms with E-state index in [0.29, 0.717) is 49.5 Å². The van der Waals surface area contributed by atoms with E-state index < -0.39 is 0 Å². The van der Waals surface area contributed by atoms with Gasteiger partial charge in [0.2, 0.25) is 11.9 Å². The Kier molecular flexibility index (Phi) is 6.85. The van der Waals surface area contributed by atoms with Gasteiger partial charge >= 0.3 is 0 Å². The monoisotopic (exact) mass is 537 g/mol. The van der Waals surface area contributed by atoms with Crippen molar-refractivity contribution < 1.29 is 4.79 Å². The molecule has 0 spiro atoms.